The van der Waals surface area contributed by atoms with Crippen LogP contribution in [0.5, 0.6) is 0 Å². The lowest BCUT2D eigenvalue weighted by molar-refractivity contribution is -0.762. The van der Waals surface area contributed by atoms with Crippen LogP contribution in [0.15, 0.2) is 41.1 Å². The summed E-state index contributed by atoms with van der Waals surface area (Å²) in [4.78, 5) is 11.8. The summed E-state index contributed by atoms with van der Waals surface area (Å²) in [6.07, 6.45) is 3.81. The van der Waals surface area contributed by atoms with Crippen molar-refractivity contribution in [3.63, 3.8) is 0 Å². The molecule has 1 N–H and O–H groups in total. The smallest absolute Gasteiger partial charge is 0.285 e. The Morgan fingerprint density at radius 2 is 2.17 bits per heavy atom. The number of rotatable bonds is 5. The van der Waals surface area contributed by atoms with Crippen LogP contribution in [-0.2, 0) is 6.54 Å². The number of benzene rings is 1. The van der Waals surface area contributed by atoms with Crippen molar-refractivity contribution in [2.45, 2.75) is 26.3 Å². The Labute approximate surface area is 105 Å². The number of carbonyl (C=O) groups excluding carboxylic acids is 1. The standard InChI is InChI=1S/C13H15N3O2/c1-2-3-9-16-10-12(18-15-16)14-13(17)11-7-5-4-6-8-11/h4-8,10H,2-3,9H2,1H3/p+1. The topological polar surface area (TPSA) is 59.0 Å². The van der Waals surface area contributed by atoms with Crippen molar-refractivity contribution < 1.29 is 14.0 Å². The van der Waals surface area contributed by atoms with Crippen molar-refractivity contribution in [3.05, 3.63) is 42.1 Å². The molecule has 2 aromatic rings. The van der Waals surface area contributed by atoms with Gasteiger partial charge in [0.05, 0.1) is 0 Å². The molecule has 2 rings (SSSR count). The van der Waals surface area contributed by atoms with Crippen molar-refractivity contribution in [1.82, 2.24) is 5.27 Å². The summed E-state index contributed by atoms with van der Waals surface area (Å²) in [5.74, 6) is 0.161. The number of nitrogens with one attached hydrogen (secondary N) is 1. The maximum Gasteiger partial charge on any atom is 0.302 e. The van der Waals surface area contributed by atoms with Crippen molar-refractivity contribution in [2.24, 2.45) is 0 Å². The number of hydrogen-bond donors (Lipinski definition) is 1. The number of carbonyl (C=O) groups is 1. The summed E-state index contributed by atoms with van der Waals surface area (Å²) in [5, 5.41) is 6.49. The molecule has 0 bridgehead atoms. The predicted molar refractivity (Wildman–Crippen MR) is 66.0 cm³/mol. The van der Waals surface area contributed by atoms with Gasteiger partial charge in [0.2, 0.25) is 5.27 Å². The average Bonchev–Trinajstić information content (AvgIpc) is 2.85. The number of hydrogen-bond acceptors (Lipinski definition) is 3. The van der Waals surface area contributed by atoms with Gasteiger partial charge in [0.25, 0.3) is 12.1 Å². The summed E-state index contributed by atoms with van der Waals surface area (Å²) < 4.78 is 6.72. The van der Waals surface area contributed by atoms with Gasteiger partial charge in [-0.1, -0.05) is 36.2 Å². The Balaban J connectivity index is 1.97. The van der Waals surface area contributed by atoms with E-state index in [1.807, 2.05) is 18.2 Å². The van der Waals surface area contributed by atoms with Gasteiger partial charge in [-0.05, 0) is 12.1 Å². The molecule has 0 aliphatic carbocycles. The second-order valence-corrected chi connectivity index (χ2v) is 4.00. The number of anilines is 1. The van der Waals surface area contributed by atoms with Crippen molar-refractivity contribution >= 4 is 11.8 Å². The van der Waals surface area contributed by atoms with Crippen LogP contribution in [0.1, 0.15) is 30.1 Å². The van der Waals surface area contributed by atoms with Crippen molar-refractivity contribution in [1.29, 1.82) is 0 Å². The third kappa shape index (κ3) is 3.16. The molecule has 0 radical (unpaired) electrons. The van der Waals surface area contributed by atoms with E-state index in [2.05, 4.69) is 17.5 Å². The van der Waals surface area contributed by atoms with E-state index >= 15 is 0 Å². The molecule has 1 heterocycles. The average molecular weight is 246 g/mol. The summed E-state index contributed by atoms with van der Waals surface area (Å²) in [6, 6.07) is 8.99. The maximum absolute atomic E-state index is 11.8. The largest absolute Gasteiger partial charge is 0.302 e. The van der Waals surface area contributed by atoms with E-state index in [4.69, 9.17) is 4.52 Å². The molecule has 1 aromatic carbocycles. The van der Waals surface area contributed by atoms with Gasteiger partial charge >= 0.3 is 5.88 Å². The first-order chi connectivity index (χ1) is 8.79. The Morgan fingerprint density at radius 3 is 2.89 bits per heavy atom. The molecule has 0 saturated heterocycles. The zero-order valence-electron chi connectivity index (χ0n) is 10.3. The minimum absolute atomic E-state index is 0.200. The van der Waals surface area contributed by atoms with E-state index in [9.17, 15) is 4.79 Å². The number of aryl methyl sites for hydroxylation is 1. The third-order valence-corrected chi connectivity index (χ3v) is 2.52. The van der Waals surface area contributed by atoms with Gasteiger partial charge in [-0.2, -0.15) is 0 Å². The Morgan fingerprint density at radius 1 is 1.39 bits per heavy atom. The van der Waals surface area contributed by atoms with Crippen molar-refractivity contribution in [3.8, 4) is 0 Å². The normalized spacial score (nSPS) is 10.3. The lowest BCUT2D eigenvalue weighted by Gasteiger charge is -1.97. The van der Waals surface area contributed by atoms with Crippen LogP contribution in [0.3, 0.4) is 0 Å². The Bertz CT molecular complexity index is 508. The van der Waals surface area contributed by atoms with Gasteiger partial charge in [0, 0.05) is 12.0 Å². The lowest BCUT2D eigenvalue weighted by Crippen LogP contribution is -2.34. The lowest BCUT2D eigenvalue weighted by atomic mass is 10.2. The molecule has 0 spiro atoms. The minimum Gasteiger partial charge on any atom is -0.285 e. The van der Waals surface area contributed by atoms with Gasteiger partial charge in [0.1, 0.15) is 0 Å². The van der Waals surface area contributed by atoms with E-state index in [0.717, 1.165) is 19.4 Å². The summed E-state index contributed by atoms with van der Waals surface area (Å²) in [7, 11) is 0. The zero-order chi connectivity index (χ0) is 12.8. The van der Waals surface area contributed by atoms with Gasteiger partial charge in [-0.15, -0.1) is 0 Å². The first kappa shape index (κ1) is 12.3. The quantitative estimate of drug-likeness (QED) is 0.821. The van der Waals surface area contributed by atoms with E-state index in [-0.39, 0.29) is 5.91 Å². The molecule has 5 heteroatoms. The van der Waals surface area contributed by atoms with Crippen LogP contribution in [-0.4, -0.2) is 11.2 Å². The fourth-order valence-corrected chi connectivity index (χ4v) is 1.53. The van der Waals surface area contributed by atoms with Crippen LogP contribution < -0.4 is 10.00 Å². The SMILES string of the molecule is CCCC[n+]1cc(NC(=O)c2ccccc2)on1. The van der Waals surface area contributed by atoms with Crippen LogP contribution in [0, 0.1) is 0 Å². The van der Waals surface area contributed by atoms with E-state index in [0.29, 0.717) is 11.4 Å². The molecule has 94 valence electrons. The highest BCUT2D eigenvalue weighted by atomic mass is 16.5. The first-order valence-corrected chi connectivity index (χ1v) is 6.02. The van der Waals surface area contributed by atoms with Gasteiger partial charge in [-0.25, -0.2) is 0 Å². The minimum atomic E-state index is -0.200. The molecule has 18 heavy (non-hydrogen) atoms. The number of amides is 1. The fourth-order valence-electron chi connectivity index (χ4n) is 1.53. The molecule has 0 aliphatic heterocycles. The maximum atomic E-state index is 11.8. The summed E-state index contributed by atoms with van der Waals surface area (Å²) >= 11 is 0. The molecule has 0 atom stereocenters. The Hall–Kier alpha value is -2.17. The van der Waals surface area contributed by atoms with Gasteiger partial charge < -0.3 is 0 Å². The van der Waals surface area contributed by atoms with Crippen molar-refractivity contribution in [2.75, 3.05) is 5.32 Å². The highest BCUT2D eigenvalue weighted by Gasteiger charge is 2.14. The van der Waals surface area contributed by atoms with Gasteiger partial charge in [0.15, 0.2) is 6.54 Å². The molecule has 1 amide bonds. The fraction of sp³-hybridized carbons (Fsp3) is 0.308. The highest BCUT2D eigenvalue weighted by molar-refractivity contribution is 6.03. The van der Waals surface area contributed by atoms with E-state index in [1.165, 1.54) is 0 Å². The molecular weight excluding hydrogens is 230 g/mol. The van der Waals surface area contributed by atoms with Crippen LogP contribution in [0.4, 0.5) is 5.88 Å². The highest BCUT2D eigenvalue weighted by Crippen LogP contribution is 2.05. The number of aromatic nitrogens is 2. The second kappa shape index (κ2) is 5.95. The monoisotopic (exact) mass is 246 g/mol. The first-order valence-electron chi connectivity index (χ1n) is 6.02. The van der Waals surface area contributed by atoms with Crippen LogP contribution in [0.2, 0.25) is 0 Å². The molecule has 0 saturated carbocycles. The molecule has 0 aliphatic rings. The van der Waals surface area contributed by atoms with Gasteiger partial charge in [-0.3, -0.25) is 14.6 Å². The second-order valence-electron chi connectivity index (χ2n) is 4.00. The molecule has 1 aromatic heterocycles. The van der Waals surface area contributed by atoms with E-state index < -0.39 is 0 Å². The van der Waals surface area contributed by atoms with Crippen LogP contribution >= 0.6 is 0 Å². The third-order valence-electron chi connectivity index (χ3n) is 2.52. The van der Waals surface area contributed by atoms with Crippen LogP contribution in [0.25, 0.3) is 0 Å². The summed E-state index contributed by atoms with van der Waals surface area (Å²) in [5.41, 5.74) is 0.592. The van der Waals surface area contributed by atoms with E-state index in [1.54, 1.807) is 23.0 Å². The molecule has 0 unspecified atom stereocenters. The molecular formula is C13H16N3O2+. The number of nitrogens with zero attached hydrogens (tertiary/aromatic N) is 2. The molecule has 5 nitrogen and oxygen atoms in total. The number of unbranched alkanes of at least 4 members (excludes halogenated alkanes) is 1. The predicted octanol–water partition coefficient (Wildman–Crippen LogP) is 2.01. The summed E-state index contributed by atoms with van der Waals surface area (Å²) in [6.45, 7) is 2.90. The Kier molecular flexibility index (Phi) is 4.06. The molecule has 0 fully saturated rings. The zero-order valence-corrected chi connectivity index (χ0v) is 10.3.